The van der Waals surface area contributed by atoms with Crippen molar-refractivity contribution in [3.05, 3.63) is 132 Å². The maximum atomic E-state index is 5.43. The first-order chi connectivity index (χ1) is 20.5. The lowest BCUT2D eigenvalue weighted by Crippen LogP contribution is -2.06. The van der Waals surface area contributed by atoms with Crippen LogP contribution in [0.25, 0.3) is 66.5 Å². The van der Waals surface area contributed by atoms with Crippen LogP contribution < -0.4 is 0 Å². The summed E-state index contributed by atoms with van der Waals surface area (Å²) in [5.74, 6) is 1.75. The molecular formula is C38H30N4. The summed E-state index contributed by atoms with van der Waals surface area (Å²) in [4.78, 5) is 10.6. The SMILES string of the molecule is Cc1nc(-c2cc(-n3c4ccccc4c4ccccc43)nc(-n3c4ccccc4c4ccccc43)c2)c(C)c(C)c1C. The highest BCUT2D eigenvalue weighted by atomic mass is 15.1. The third-order valence-corrected chi connectivity index (χ3v) is 8.99. The number of nitrogens with zero attached hydrogens (tertiary/aromatic N) is 4. The molecule has 0 N–H and O–H groups in total. The van der Waals surface area contributed by atoms with Gasteiger partial charge in [0.15, 0.2) is 0 Å². The molecule has 0 amide bonds. The molecule has 8 aromatic rings. The van der Waals surface area contributed by atoms with E-state index in [0.29, 0.717) is 0 Å². The summed E-state index contributed by atoms with van der Waals surface area (Å²) >= 11 is 0. The fraction of sp³-hybridized carbons (Fsp3) is 0.105. The van der Waals surface area contributed by atoms with Crippen LogP contribution in [-0.2, 0) is 0 Å². The molecule has 0 aliphatic rings. The van der Waals surface area contributed by atoms with Crippen LogP contribution in [0.3, 0.4) is 0 Å². The van der Waals surface area contributed by atoms with E-state index in [1.165, 1.54) is 38.2 Å². The second kappa shape index (κ2) is 9.15. The maximum Gasteiger partial charge on any atom is 0.140 e. The number of aromatic nitrogens is 4. The highest BCUT2D eigenvalue weighted by Crippen LogP contribution is 2.37. The van der Waals surface area contributed by atoms with Crippen molar-refractivity contribution in [1.29, 1.82) is 0 Å². The summed E-state index contributed by atoms with van der Waals surface area (Å²) in [7, 11) is 0. The van der Waals surface area contributed by atoms with Crippen molar-refractivity contribution in [2.24, 2.45) is 0 Å². The van der Waals surface area contributed by atoms with Gasteiger partial charge in [0.05, 0.1) is 27.8 Å². The van der Waals surface area contributed by atoms with Gasteiger partial charge in [-0.15, -0.1) is 0 Å². The molecule has 0 aliphatic carbocycles. The second-order valence-electron chi connectivity index (χ2n) is 11.2. The molecule has 0 saturated heterocycles. The second-order valence-corrected chi connectivity index (χ2v) is 11.2. The Morgan fingerprint density at radius 3 is 1.21 bits per heavy atom. The molecule has 8 rings (SSSR count). The predicted molar refractivity (Wildman–Crippen MR) is 175 cm³/mol. The van der Waals surface area contributed by atoms with Crippen LogP contribution in [0.4, 0.5) is 0 Å². The van der Waals surface area contributed by atoms with Gasteiger partial charge < -0.3 is 0 Å². The zero-order chi connectivity index (χ0) is 28.5. The Bertz CT molecular complexity index is 2110. The van der Waals surface area contributed by atoms with Crippen LogP contribution in [0.15, 0.2) is 109 Å². The first kappa shape index (κ1) is 24.6. The molecule has 0 bridgehead atoms. The normalized spacial score (nSPS) is 11.8. The minimum atomic E-state index is 0.874. The molecule has 0 spiro atoms. The standard InChI is InChI=1S/C38H30N4/c1-23-24(2)26(4)39-38(25(23)3)27-21-36(41-32-17-9-5-13-28(32)29-14-6-10-18-33(29)41)40-37(22-27)42-34-19-11-7-15-30(34)31-16-8-12-20-35(31)42/h5-22H,1-4H3. The highest BCUT2D eigenvalue weighted by Gasteiger charge is 2.20. The largest absolute Gasteiger partial charge is 0.294 e. The molecule has 42 heavy (non-hydrogen) atoms. The van der Waals surface area contributed by atoms with E-state index in [-0.39, 0.29) is 0 Å². The number of aryl methyl sites for hydroxylation is 1. The Morgan fingerprint density at radius 2 is 0.810 bits per heavy atom. The summed E-state index contributed by atoms with van der Waals surface area (Å²) in [6.07, 6.45) is 0. The molecule has 0 radical (unpaired) electrons. The Balaban J connectivity index is 1.52. The lowest BCUT2D eigenvalue weighted by Gasteiger charge is -2.17. The molecule has 0 saturated carbocycles. The quantitative estimate of drug-likeness (QED) is 0.223. The fourth-order valence-corrected chi connectivity index (χ4v) is 6.55. The average molecular weight is 543 g/mol. The van der Waals surface area contributed by atoms with E-state index in [4.69, 9.17) is 9.97 Å². The first-order valence-corrected chi connectivity index (χ1v) is 14.5. The van der Waals surface area contributed by atoms with E-state index in [1.807, 2.05) is 0 Å². The first-order valence-electron chi connectivity index (χ1n) is 14.5. The Labute approximate surface area is 244 Å². The van der Waals surface area contributed by atoms with E-state index in [0.717, 1.165) is 50.7 Å². The maximum absolute atomic E-state index is 5.43. The molecule has 0 atom stereocenters. The zero-order valence-corrected chi connectivity index (χ0v) is 24.2. The van der Waals surface area contributed by atoms with Crippen molar-refractivity contribution in [1.82, 2.24) is 19.1 Å². The van der Waals surface area contributed by atoms with Gasteiger partial charge in [0.2, 0.25) is 0 Å². The molecule has 0 fully saturated rings. The van der Waals surface area contributed by atoms with E-state index in [2.05, 4.69) is 146 Å². The third-order valence-electron chi connectivity index (χ3n) is 8.99. The van der Waals surface area contributed by atoms with Gasteiger partial charge in [0.1, 0.15) is 11.6 Å². The minimum Gasteiger partial charge on any atom is -0.294 e. The molecule has 0 aliphatic heterocycles. The summed E-state index contributed by atoms with van der Waals surface area (Å²) < 4.78 is 4.60. The Hall–Kier alpha value is -5.22. The zero-order valence-electron chi connectivity index (χ0n) is 24.2. The van der Waals surface area contributed by atoms with Gasteiger partial charge in [-0.3, -0.25) is 14.1 Å². The number of rotatable bonds is 3. The number of hydrogen-bond donors (Lipinski definition) is 0. The van der Waals surface area contributed by atoms with Crippen LogP contribution in [0, 0.1) is 27.7 Å². The predicted octanol–water partition coefficient (Wildman–Crippen LogP) is 9.57. The Morgan fingerprint density at radius 1 is 0.429 bits per heavy atom. The summed E-state index contributed by atoms with van der Waals surface area (Å²) in [5, 5.41) is 4.87. The molecular weight excluding hydrogens is 512 g/mol. The molecule has 0 unspecified atom stereocenters. The van der Waals surface area contributed by atoms with Gasteiger partial charge in [-0.05, 0) is 80.8 Å². The van der Waals surface area contributed by atoms with Gasteiger partial charge in [-0.2, -0.15) is 0 Å². The smallest absolute Gasteiger partial charge is 0.140 e. The summed E-state index contributed by atoms with van der Waals surface area (Å²) in [5.41, 5.74) is 11.4. The van der Waals surface area contributed by atoms with Crippen LogP contribution in [0.5, 0.6) is 0 Å². The van der Waals surface area contributed by atoms with E-state index < -0.39 is 0 Å². The minimum absolute atomic E-state index is 0.874. The number of hydrogen-bond acceptors (Lipinski definition) is 2. The molecule has 202 valence electrons. The van der Waals surface area contributed by atoms with Gasteiger partial charge in [-0.25, -0.2) is 4.98 Å². The van der Waals surface area contributed by atoms with Crippen molar-refractivity contribution >= 4 is 43.6 Å². The van der Waals surface area contributed by atoms with Crippen molar-refractivity contribution in [3.8, 4) is 22.9 Å². The monoisotopic (exact) mass is 542 g/mol. The fourth-order valence-electron chi connectivity index (χ4n) is 6.55. The van der Waals surface area contributed by atoms with E-state index >= 15 is 0 Å². The Kier molecular flexibility index (Phi) is 5.35. The summed E-state index contributed by atoms with van der Waals surface area (Å²) in [6.45, 7) is 8.65. The summed E-state index contributed by atoms with van der Waals surface area (Å²) in [6, 6.07) is 38.8. The number of pyridine rings is 2. The molecule has 4 aromatic heterocycles. The number of benzene rings is 4. The number of fused-ring (bicyclic) bond motifs is 6. The average Bonchev–Trinajstić information content (AvgIpc) is 3.55. The lowest BCUT2D eigenvalue weighted by molar-refractivity contribution is 1.01. The van der Waals surface area contributed by atoms with Gasteiger partial charge in [0.25, 0.3) is 0 Å². The van der Waals surface area contributed by atoms with Crippen LogP contribution in [-0.4, -0.2) is 19.1 Å². The van der Waals surface area contributed by atoms with Crippen LogP contribution in [0.1, 0.15) is 22.4 Å². The van der Waals surface area contributed by atoms with Crippen molar-refractivity contribution in [2.45, 2.75) is 27.7 Å². The number of para-hydroxylation sites is 4. The van der Waals surface area contributed by atoms with Crippen LogP contribution >= 0.6 is 0 Å². The lowest BCUT2D eigenvalue weighted by atomic mass is 9.98. The molecule has 4 heterocycles. The molecule has 4 nitrogen and oxygen atoms in total. The van der Waals surface area contributed by atoms with Crippen molar-refractivity contribution in [3.63, 3.8) is 0 Å². The molecule has 4 aromatic carbocycles. The topological polar surface area (TPSA) is 35.6 Å². The van der Waals surface area contributed by atoms with Crippen molar-refractivity contribution in [2.75, 3.05) is 0 Å². The van der Waals surface area contributed by atoms with Gasteiger partial charge in [0, 0.05) is 32.8 Å². The van der Waals surface area contributed by atoms with Gasteiger partial charge in [-0.1, -0.05) is 72.8 Å². The highest BCUT2D eigenvalue weighted by molar-refractivity contribution is 6.10. The van der Waals surface area contributed by atoms with E-state index in [1.54, 1.807) is 0 Å². The van der Waals surface area contributed by atoms with Gasteiger partial charge >= 0.3 is 0 Å². The van der Waals surface area contributed by atoms with Crippen molar-refractivity contribution < 1.29 is 0 Å². The van der Waals surface area contributed by atoms with Crippen LogP contribution in [0.2, 0.25) is 0 Å². The third kappa shape index (κ3) is 3.48. The van der Waals surface area contributed by atoms with E-state index in [9.17, 15) is 0 Å². The molecule has 4 heteroatoms.